The Bertz CT molecular complexity index is 748. The summed E-state index contributed by atoms with van der Waals surface area (Å²) >= 11 is 12.0. The number of halogens is 2. The molecule has 0 saturated carbocycles. The van der Waals surface area contributed by atoms with Crippen LogP contribution in [-0.4, -0.2) is 43.4 Å². The average molecular weight is 397 g/mol. The number of furan rings is 1. The maximum atomic E-state index is 11.8. The number of carbonyl (C=O) groups is 1. The summed E-state index contributed by atoms with van der Waals surface area (Å²) in [7, 11) is 1.94. The number of rotatable bonds is 7. The summed E-state index contributed by atoms with van der Waals surface area (Å²) in [4.78, 5) is 18.3. The van der Waals surface area contributed by atoms with E-state index >= 15 is 0 Å². The van der Waals surface area contributed by atoms with E-state index in [9.17, 15) is 4.79 Å². The van der Waals surface area contributed by atoms with E-state index in [1.54, 1.807) is 18.2 Å². The molecule has 26 heavy (non-hydrogen) atoms. The molecule has 0 aliphatic carbocycles. The van der Waals surface area contributed by atoms with Crippen molar-refractivity contribution >= 4 is 35.1 Å². The van der Waals surface area contributed by atoms with Gasteiger partial charge in [0.1, 0.15) is 0 Å². The smallest absolute Gasteiger partial charge is 0.287 e. The Hall–Kier alpha value is -2.18. The number of aliphatic imine (C=N–C) groups is 1. The average Bonchev–Trinajstić information content (AvgIpc) is 3.15. The van der Waals surface area contributed by atoms with Gasteiger partial charge in [-0.2, -0.15) is 0 Å². The summed E-state index contributed by atoms with van der Waals surface area (Å²) in [6.07, 6.45) is 1.47. The van der Waals surface area contributed by atoms with Crippen LogP contribution in [0.3, 0.4) is 0 Å². The molecule has 1 amide bonds. The molecule has 140 valence electrons. The van der Waals surface area contributed by atoms with Crippen LogP contribution in [0.2, 0.25) is 10.0 Å². The number of amides is 1. The van der Waals surface area contributed by atoms with Gasteiger partial charge < -0.3 is 20.0 Å². The van der Waals surface area contributed by atoms with Crippen molar-refractivity contribution in [1.82, 2.24) is 15.5 Å². The normalized spacial score (nSPS) is 11.3. The zero-order valence-corrected chi connectivity index (χ0v) is 16.3. The number of nitrogens with zero attached hydrogens (tertiary/aromatic N) is 2. The second kappa shape index (κ2) is 10.1. The predicted molar refractivity (Wildman–Crippen MR) is 105 cm³/mol. The molecule has 0 radical (unpaired) electrons. The topological polar surface area (TPSA) is 69.9 Å². The predicted octanol–water partition coefficient (Wildman–Crippen LogP) is 3.41. The van der Waals surface area contributed by atoms with E-state index in [-0.39, 0.29) is 11.7 Å². The Balaban J connectivity index is 1.90. The summed E-state index contributed by atoms with van der Waals surface area (Å²) in [6.45, 7) is 4.22. The lowest BCUT2D eigenvalue weighted by Gasteiger charge is -2.22. The molecule has 0 spiro atoms. The molecular weight excluding hydrogens is 375 g/mol. The monoisotopic (exact) mass is 396 g/mol. The molecule has 1 aromatic carbocycles. The van der Waals surface area contributed by atoms with Crippen molar-refractivity contribution < 1.29 is 9.21 Å². The van der Waals surface area contributed by atoms with E-state index in [0.717, 1.165) is 18.1 Å². The van der Waals surface area contributed by atoms with Gasteiger partial charge in [0, 0.05) is 26.7 Å². The lowest BCUT2D eigenvalue weighted by molar-refractivity contribution is 0.0927. The van der Waals surface area contributed by atoms with Gasteiger partial charge in [0.2, 0.25) is 0 Å². The van der Waals surface area contributed by atoms with Crippen molar-refractivity contribution in [2.24, 2.45) is 4.99 Å². The van der Waals surface area contributed by atoms with Crippen molar-refractivity contribution in [2.75, 3.05) is 26.7 Å². The van der Waals surface area contributed by atoms with Gasteiger partial charge >= 0.3 is 0 Å². The highest BCUT2D eigenvalue weighted by Gasteiger charge is 2.09. The largest absolute Gasteiger partial charge is 0.459 e. The Morgan fingerprint density at radius 2 is 2.04 bits per heavy atom. The lowest BCUT2D eigenvalue weighted by Crippen LogP contribution is -2.39. The van der Waals surface area contributed by atoms with E-state index in [1.807, 2.05) is 31.0 Å². The van der Waals surface area contributed by atoms with E-state index in [2.05, 4.69) is 15.6 Å². The molecule has 0 aliphatic rings. The summed E-state index contributed by atoms with van der Waals surface area (Å²) in [5, 5.41) is 7.06. The highest BCUT2D eigenvalue weighted by atomic mass is 35.5. The second-order valence-electron chi connectivity index (χ2n) is 5.57. The third-order valence-electron chi connectivity index (χ3n) is 3.50. The molecule has 1 aromatic heterocycles. The first kappa shape index (κ1) is 20.1. The number of hydrogen-bond donors (Lipinski definition) is 2. The van der Waals surface area contributed by atoms with E-state index in [4.69, 9.17) is 27.6 Å². The molecule has 0 fully saturated rings. The standard InChI is InChI=1S/C18H22Cl2N4O2/c1-3-21-18(23-9-8-22-17(25)16-5-4-10-26-16)24(2)12-13-6-7-14(19)15(20)11-13/h4-7,10-11H,3,8-9,12H2,1-2H3,(H,21,23)(H,22,25). The Labute approximate surface area is 163 Å². The summed E-state index contributed by atoms with van der Waals surface area (Å²) < 4.78 is 5.05. The molecular formula is C18H22Cl2N4O2. The first-order valence-electron chi connectivity index (χ1n) is 8.26. The maximum absolute atomic E-state index is 11.8. The van der Waals surface area contributed by atoms with Crippen LogP contribution in [0.1, 0.15) is 23.0 Å². The molecule has 8 heteroatoms. The van der Waals surface area contributed by atoms with Gasteiger partial charge in [-0.3, -0.25) is 9.79 Å². The van der Waals surface area contributed by atoms with Gasteiger partial charge in [-0.15, -0.1) is 0 Å². The van der Waals surface area contributed by atoms with Gasteiger partial charge in [-0.1, -0.05) is 29.3 Å². The Kier molecular flexibility index (Phi) is 7.81. The highest BCUT2D eigenvalue weighted by Crippen LogP contribution is 2.23. The number of hydrogen-bond acceptors (Lipinski definition) is 3. The highest BCUT2D eigenvalue weighted by molar-refractivity contribution is 6.42. The zero-order chi connectivity index (χ0) is 18.9. The van der Waals surface area contributed by atoms with E-state index < -0.39 is 0 Å². The van der Waals surface area contributed by atoms with Crippen molar-refractivity contribution in [3.63, 3.8) is 0 Å². The van der Waals surface area contributed by atoms with Crippen LogP contribution >= 0.6 is 23.2 Å². The number of nitrogens with one attached hydrogen (secondary N) is 2. The van der Waals surface area contributed by atoms with Crippen molar-refractivity contribution in [2.45, 2.75) is 13.5 Å². The van der Waals surface area contributed by atoms with Crippen LogP contribution in [0.4, 0.5) is 0 Å². The minimum absolute atomic E-state index is 0.251. The summed E-state index contributed by atoms with van der Waals surface area (Å²) in [5.41, 5.74) is 1.03. The molecule has 6 nitrogen and oxygen atoms in total. The lowest BCUT2D eigenvalue weighted by atomic mass is 10.2. The van der Waals surface area contributed by atoms with Gasteiger partial charge in [0.15, 0.2) is 11.7 Å². The maximum Gasteiger partial charge on any atom is 0.287 e. The van der Waals surface area contributed by atoms with Gasteiger partial charge in [0.25, 0.3) is 5.91 Å². The van der Waals surface area contributed by atoms with Crippen LogP contribution in [0, 0.1) is 0 Å². The fourth-order valence-corrected chi connectivity index (χ4v) is 2.60. The minimum atomic E-state index is -0.251. The fourth-order valence-electron chi connectivity index (χ4n) is 2.28. The third-order valence-corrected chi connectivity index (χ3v) is 4.24. The van der Waals surface area contributed by atoms with Crippen molar-refractivity contribution in [3.05, 3.63) is 58.0 Å². The molecule has 0 saturated heterocycles. The minimum Gasteiger partial charge on any atom is -0.459 e. The van der Waals surface area contributed by atoms with Crippen molar-refractivity contribution in [1.29, 1.82) is 0 Å². The summed E-state index contributed by atoms with van der Waals surface area (Å²) in [6, 6.07) is 8.84. The van der Waals surface area contributed by atoms with Gasteiger partial charge in [-0.25, -0.2) is 0 Å². The molecule has 0 aliphatic heterocycles. The van der Waals surface area contributed by atoms with Crippen LogP contribution in [0.5, 0.6) is 0 Å². The SMILES string of the molecule is CCNC(=NCCNC(=O)c1ccco1)N(C)Cc1ccc(Cl)c(Cl)c1. The van der Waals surface area contributed by atoms with Crippen LogP contribution < -0.4 is 10.6 Å². The Morgan fingerprint density at radius 3 is 2.69 bits per heavy atom. The zero-order valence-electron chi connectivity index (χ0n) is 14.8. The van der Waals surface area contributed by atoms with E-state index in [1.165, 1.54) is 6.26 Å². The summed E-state index contributed by atoms with van der Waals surface area (Å²) in [5.74, 6) is 0.780. The molecule has 2 N–H and O–H groups in total. The molecule has 2 rings (SSSR count). The first-order valence-corrected chi connectivity index (χ1v) is 9.02. The second-order valence-corrected chi connectivity index (χ2v) is 6.39. The van der Waals surface area contributed by atoms with Crippen LogP contribution in [-0.2, 0) is 6.54 Å². The van der Waals surface area contributed by atoms with Crippen LogP contribution in [0.25, 0.3) is 0 Å². The third kappa shape index (κ3) is 5.97. The number of guanidine groups is 1. The first-order chi connectivity index (χ1) is 12.5. The fraction of sp³-hybridized carbons (Fsp3) is 0.333. The molecule has 1 heterocycles. The van der Waals surface area contributed by atoms with E-state index in [0.29, 0.717) is 29.7 Å². The number of carbonyl (C=O) groups excluding carboxylic acids is 1. The van der Waals surface area contributed by atoms with Gasteiger partial charge in [-0.05, 0) is 36.8 Å². The molecule has 0 atom stereocenters. The van der Waals surface area contributed by atoms with Crippen molar-refractivity contribution in [3.8, 4) is 0 Å². The molecule has 0 unspecified atom stereocenters. The van der Waals surface area contributed by atoms with Crippen LogP contribution in [0.15, 0.2) is 46.0 Å². The molecule has 2 aromatic rings. The van der Waals surface area contributed by atoms with Gasteiger partial charge in [0.05, 0.1) is 22.9 Å². The quantitative estimate of drug-likeness (QED) is 0.427. The molecule has 0 bridgehead atoms. The Morgan fingerprint density at radius 1 is 1.23 bits per heavy atom. The number of benzene rings is 1.